The van der Waals surface area contributed by atoms with Gasteiger partial charge in [0.05, 0.1) is 0 Å². The first-order chi connectivity index (χ1) is 7.09. The van der Waals surface area contributed by atoms with Gasteiger partial charge in [0.25, 0.3) is 5.91 Å². The quantitative estimate of drug-likeness (QED) is 0.914. The van der Waals surface area contributed by atoms with Crippen molar-refractivity contribution >= 4 is 21.8 Å². The average Bonchev–Trinajstić information content (AvgIpc) is 2.17. The Morgan fingerprint density at radius 3 is 2.93 bits per heavy atom. The zero-order valence-electron chi connectivity index (χ0n) is 8.96. The lowest BCUT2D eigenvalue weighted by Crippen LogP contribution is -2.26. The van der Waals surface area contributed by atoms with Crippen LogP contribution in [0.2, 0.25) is 0 Å². The molecule has 1 rings (SSSR count). The first kappa shape index (κ1) is 12.2. The van der Waals surface area contributed by atoms with Crippen LogP contribution in [0.15, 0.2) is 22.8 Å². The molecule has 0 saturated heterocycles. The number of amides is 1. The summed E-state index contributed by atoms with van der Waals surface area (Å²) in [5.41, 5.74) is 0.452. The van der Waals surface area contributed by atoms with Crippen molar-refractivity contribution in [3.8, 4) is 0 Å². The molecule has 3 nitrogen and oxygen atoms in total. The second-order valence-corrected chi connectivity index (χ2v) is 4.71. The van der Waals surface area contributed by atoms with Gasteiger partial charge in [0.1, 0.15) is 5.69 Å². The third-order valence-electron chi connectivity index (χ3n) is 1.96. The molecule has 0 atom stereocenters. The minimum atomic E-state index is -0.114. The van der Waals surface area contributed by atoms with Crippen LogP contribution in [0.4, 0.5) is 0 Å². The van der Waals surface area contributed by atoms with Gasteiger partial charge in [-0.15, -0.1) is 0 Å². The van der Waals surface area contributed by atoms with Crippen LogP contribution in [0.1, 0.15) is 30.8 Å². The fourth-order valence-corrected chi connectivity index (χ4v) is 1.43. The number of hydrogen-bond acceptors (Lipinski definition) is 2. The van der Waals surface area contributed by atoms with E-state index in [1.165, 1.54) is 0 Å². The Labute approximate surface area is 98.4 Å². The van der Waals surface area contributed by atoms with E-state index in [-0.39, 0.29) is 5.91 Å². The molecule has 0 unspecified atom stereocenters. The monoisotopic (exact) mass is 270 g/mol. The van der Waals surface area contributed by atoms with Crippen molar-refractivity contribution in [2.24, 2.45) is 5.92 Å². The lowest BCUT2D eigenvalue weighted by molar-refractivity contribution is 0.0947. The van der Waals surface area contributed by atoms with Crippen LogP contribution in [0.25, 0.3) is 0 Å². The molecular weight excluding hydrogens is 256 g/mol. The molecule has 0 fully saturated rings. The molecule has 1 heterocycles. The van der Waals surface area contributed by atoms with Gasteiger partial charge in [-0.2, -0.15) is 0 Å². The summed E-state index contributed by atoms with van der Waals surface area (Å²) >= 11 is 3.30. The molecule has 0 spiro atoms. The van der Waals surface area contributed by atoms with E-state index < -0.39 is 0 Å². The molecule has 0 saturated carbocycles. The molecule has 4 heteroatoms. The molecule has 82 valence electrons. The van der Waals surface area contributed by atoms with Crippen LogP contribution in [0.5, 0.6) is 0 Å². The molecule has 0 aliphatic carbocycles. The first-order valence-electron chi connectivity index (χ1n) is 4.99. The van der Waals surface area contributed by atoms with Gasteiger partial charge in [-0.25, -0.2) is 0 Å². The number of aromatic nitrogens is 1. The van der Waals surface area contributed by atoms with Gasteiger partial charge >= 0.3 is 0 Å². The van der Waals surface area contributed by atoms with Gasteiger partial charge in [0.2, 0.25) is 0 Å². The third-order valence-corrected chi connectivity index (χ3v) is 2.46. The Hall–Kier alpha value is -0.900. The highest BCUT2D eigenvalue weighted by Gasteiger charge is 2.06. The van der Waals surface area contributed by atoms with E-state index in [1.807, 2.05) is 0 Å². The van der Waals surface area contributed by atoms with Crippen molar-refractivity contribution in [3.63, 3.8) is 0 Å². The zero-order chi connectivity index (χ0) is 11.3. The normalized spacial score (nSPS) is 10.4. The molecule has 1 aromatic heterocycles. The fourth-order valence-electron chi connectivity index (χ4n) is 1.09. The highest BCUT2D eigenvalue weighted by atomic mass is 79.9. The Kier molecular flexibility index (Phi) is 4.75. The lowest BCUT2D eigenvalue weighted by atomic mass is 10.1. The van der Waals surface area contributed by atoms with E-state index in [9.17, 15) is 4.79 Å². The number of nitrogens with one attached hydrogen (secondary N) is 1. The SMILES string of the molecule is CC(C)CCNC(=O)c1cc(Br)ccn1. The predicted molar refractivity (Wildman–Crippen MR) is 63.7 cm³/mol. The van der Waals surface area contributed by atoms with Gasteiger partial charge < -0.3 is 5.32 Å². The van der Waals surface area contributed by atoms with E-state index in [0.717, 1.165) is 10.9 Å². The summed E-state index contributed by atoms with van der Waals surface area (Å²) < 4.78 is 0.867. The van der Waals surface area contributed by atoms with Crippen LogP contribution in [-0.4, -0.2) is 17.4 Å². The Morgan fingerprint density at radius 1 is 1.60 bits per heavy atom. The lowest BCUT2D eigenvalue weighted by Gasteiger charge is -2.06. The maximum Gasteiger partial charge on any atom is 0.269 e. The summed E-state index contributed by atoms with van der Waals surface area (Å²) in [7, 11) is 0. The summed E-state index contributed by atoms with van der Waals surface area (Å²) in [5.74, 6) is 0.484. The van der Waals surface area contributed by atoms with Crippen LogP contribution in [-0.2, 0) is 0 Å². The van der Waals surface area contributed by atoms with Crippen molar-refractivity contribution in [3.05, 3.63) is 28.5 Å². The third kappa shape index (κ3) is 4.42. The smallest absolute Gasteiger partial charge is 0.269 e. The van der Waals surface area contributed by atoms with Crippen LogP contribution < -0.4 is 5.32 Å². The van der Waals surface area contributed by atoms with Gasteiger partial charge in [-0.3, -0.25) is 9.78 Å². The van der Waals surface area contributed by atoms with Crippen molar-refractivity contribution in [1.29, 1.82) is 0 Å². The maximum absolute atomic E-state index is 11.6. The molecule has 0 aliphatic heterocycles. The topological polar surface area (TPSA) is 42.0 Å². The van der Waals surface area contributed by atoms with Crippen molar-refractivity contribution < 1.29 is 4.79 Å². The highest BCUT2D eigenvalue weighted by Crippen LogP contribution is 2.09. The zero-order valence-corrected chi connectivity index (χ0v) is 10.5. The average molecular weight is 271 g/mol. The number of halogens is 1. The molecule has 1 N–H and O–H groups in total. The molecule has 15 heavy (non-hydrogen) atoms. The molecular formula is C11H15BrN2O. The van der Waals surface area contributed by atoms with E-state index >= 15 is 0 Å². The maximum atomic E-state index is 11.6. The number of hydrogen-bond donors (Lipinski definition) is 1. The standard InChI is InChI=1S/C11H15BrN2O/c1-8(2)3-5-14-11(15)10-7-9(12)4-6-13-10/h4,6-8H,3,5H2,1-2H3,(H,14,15). The molecule has 0 aliphatic rings. The summed E-state index contributed by atoms with van der Waals surface area (Å²) in [6.07, 6.45) is 2.60. The van der Waals surface area contributed by atoms with E-state index in [1.54, 1.807) is 18.3 Å². The second kappa shape index (κ2) is 5.85. The number of pyridine rings is 1. The molecule has 0 bridgehead atoms. The Balaban J connectivity index is 2.47. The van der Waals surface area contributed by atoms with E-state index in [0.29, 0.717) is 18.2 Å². The van der Waals surface area contributed by atoms with Gasteiger partial charge in [0, 0.05) is 17.2 Å². The van der Waals surface area contributed by atoms with Gasteiger partial charge in [-0.05, 0) is 24.5 Å². The fraction of sp³-hybridized carbons (Fsp3) is 0.455. The van der Waals surface area contributed by atoms with Crippen LogP contribution in [0.3, 0.4) is 0 Å². The molecule has 1 aromatic rings. The Bertz CT molecular complexity index is 339. The van der Waals surface area contributed by atoms with Crippen molar-refractivity contribution in [2.45, 2.75) is 20.3 Å². The summed E-state index contributed by atoms with van der Waals surface area (Å²) in [4.78, 5) is 15.6. The summed E-state index contributed by atoms with van der Waals surface area (Å²) in [5, 5.41) is 2.84. The van der Waals surface area contributed by atoms with Crippen LogP contribution in [0, 0.1) is 5.92 Å². The van der Waals surface area contributed by atoms with Crippen molar-refractivity contribution in [1.82, 2.24) is 10.3 Å². The summed E-state index contributed by atoms with van der Waals surface area (Å²) in [6.45, 7) is 4.96. The highest BCUT2D eigenvalue weighted by molar-refractivity contribution is 9.10. The van der Waals surface area contributed by atoms with E-state index in [4.69, 9.17) is 0 Å². The number of carbonyl (C=O) groups excluding carboxylic acids is 1. The number of carbonyl (C=O) groups is 1. The second-order valence-electron chi connectivity index (χ2n) is 3.80. The van der Waals surface area contributed by atoms with Gasteiger partial charge in [0.15, 0.2) is 0 Å². The first-order valence-corrected chi connectivity index (χ1v) is 5.78. The molecule has 0 radical (unpaired) electrons. The number of rotatable bonds is 4. The van der Waals surface area contributed by atoms with Crippen LogP contribution >= 0.6 is 15.9 Å². The van der Waals surface area contributed by atoms with E-state index in [2.05, 4.69) is 40.1 Å². The minimum Gasteiger partial charge on any atom is -0.351 e. The summed E-state index contributed by atoms with van der Waals surface area (Å²) in [6, 6.07) is 3.51. The predicted octanol–water partition coefficient (Wildman–Crippen LogP) is 2.62. The largest absolute Gasteiger partial charge is 0.351 e. The molecule has 0 aromatic carbocycles. The molecule has 1 amide bonds. The minimum absolute atomic E-state index is 0.114. The van der Waals surface area contributed by atoms with Gasteiger partial charge in [-0.1, -0.05) is 29.8 Å². The number of nitrogens with zero attached hydrogens (tertiary/aromatic N) is 1. The Morgan fingerprint density at radius 2 is 2.33 bits per heavy atom. The van der Waals surface area contributed by atoms with Crippen molar-refractivity contribution in [2.75, 3.05) is 6.54 Å².